The first kappa shape index (κ1) is 11.3. The summed E-state index contributed by atoms with van der Waals surface area (Å²) in [6, 6.07) is 0. The molecule has 0 saturated carbocycles. The fourth-order valence-electron chi connectivity index (χ4n) is 0.181. The van der Waals surface area contributed by atoms with Crippen molar-refractivity contribution in [1.82, 2.24) is 6.15 Å². The second-order valence-electron chi connectivity index (χ2n) is 1.01. The number of primary amides is 1. The second kappa shape index (κ2) is 5.62. The first-order valence-electron chi connectivity index (χ1n) is 2.08. The SMILES string of the molecule is CCO[P+](=O)C(N)=O.N. The van der Waals surface area contributed by atoms with E-state index in [2.05, 4.69) is 10.3 Å². The van der Waals surface area contributed by atoms with Crippen LogP contribution in [0.4, 0.5) is 4.79 Å². The largest absolute Gasteiger partial charge is 0.612 e. The maximum Gasteiger partial charge on any atom is 0.612 e. The quantitative estimate of drug-likeness (QED) is 0.590. The van der Waals surface area contributed by atoms with Crippen molar-refractivity contribution in [2.75, 3.05) is 6.61 Å². The van der Waals surface area contributed by atoms with Gasteiger partial charge in [0.15, 0.2) is 0 Å². The number of carbonyl (C=O) groups is 1. The van der Waals surface area contributed by atoms with Gasteiger partial charge < -0.3 is 11.9 Å². The molecule has 0 rings (SSSR count). The summed E-state index contributed by atoms with van der Waals surface area (Å²) in [5.74, 6) is 0. The molecule has 1 amide bonds. The molecule has 0 aliphatic carbocycles. The molecule has 0 spiro atoms. The zero-order valence-corrected chi connectivity index (χ0v) is 6.06. The van der Waals surface area contributed by atoms with Crippen molar-refractivity contribution in [1.29, 1.82) is 0 Å². The van der Waals surface area contributed by atoms with Gasteiger partial charge in [0.2, 0.25) is 0 Å². The zero-order valence-electron chi connectivity index (χ0n) is 5.16. The molecular formula is C3H10N2O3P+. The summed E-state index contributed by atoms with van der Waals surface area (Å²) >= 11 is 0. The average molecular weight is 153 g/mol. The molecule has 1 unspecified atom stereocenters. The van der Waals surface area contributed by atoms with Gasteiger partial charge in [-0.15, -0.1) is 4.52 Å². The molecule has 9 heavy (non-hydrogen) atoms. The lowest BCUT2D eigenvalue weighted by Gasteiger charge is -1.74. The smallest absolute Gasteiger partial charge is 0.344 e. The number of amides is 1. The maximum atomic E-state index is 10.2. The Bertz CT molecular complexity index is 116. The first-order chi connectivity index (χ1) is 3.68. The van der Waals surface area contributed by atoms with Gasteiger partial charge in [0.25, 0.3) is 0 Å². The fourth-order valence-corrected chi connectivity index (χ4v) is 0.543. The lowest BCUT2D eigenvalue weighted by molar-refractivity contribution is 0.259. The molecule has 54 valence electrons. The summed E-state index contributed by atoms with van der Waals surface area (Å²) < 4.78 is 14.5. The lowest BCUT2D eigenvalue weighted by atomic mass is 10.9. The van der Waals surface area contributed by atoms with Crippen molar-refractivity contribution in [3.05, 3.63) is 0 Å². The van der Waals surface area contributed by atoms with Crippen molar-refractivity contribution in [3.8, 4) is 0 Å². The zero-order chi connectivity index (χ0) is 6.57. The van der Waals surface area contributed by atoms with Crippen LogP contribution in [0.3, 0.4) is 0 Å². The third-order valence-electron chi connectivity index (χ3n) is 0.426. The normalized spacial score (nSPS) is 9.67. The van der Waals surface area contributed by atoms with Crippen molar-refractivity contribution in [2.24, 2.45) is 5.73 Å². The summed E-state index contributed by atoms with van der Waals surface area (Å²) in [7, 11) is -2.25. The Labute approximate surface area is 54.0 Å². The molecule has 6 heteroatoms. The van der Waals surface area contributed by atoms with Gasteiger partial charge in [0.1, 0.15) is 6.61 Å². The van der Waals surface area contributed by atoms with E-state index >= 15 is 0 Å². The third kappa shape index (κ3) is 5.36. The predicted molar refractivity (Wildman–Crippen MR) is 33.8 cm³/mol. The number of carbonyl (C=O) groups excluding carboxylic acids is 1. The Morgan fingerprint density at radius 3 is 2.33 bits per heavy atom. The molecule has 0 aromatic carbocycles. The summed E-state index contributed by atoms with van der Waals surface area (Å²) in [6.45, 7) is 1.88. The van der Waals surface area contributed by atoms with E-state index in [1.54, 1.807) is 6.92 Å². The minimum absolute atomic E-state index is 0. The molecule has 5 nitrogen and oxygen atoms in total. The van der Waals surface area contributed by atoms with Gasteiger partial charge in [-0.3, -0.25) is 0 Å². The van der Waals surface area contributed by atoms with E-state index in [1.807, 2.05) is 0 Å². The van der Waals surface area contributed by atoms with Crippen LogP contribution in [-0.4, -0.2) is 12.3 Å². The maximum absolute atomic E-state index is 10.2. The van der Waals surface area contributed by atoms with Gasteiger partial charge in [-0.2, -0.15) is 0 Å². The Hall–Kier alpha value is -0.510. The molecule has 1 atom stereocenters. The minimum Gasteiger partial charge on any atom is -0.344 e. The van der Waals surface area contributed by atoms with E-state index in [1.165, 1.54) is 0 Å². The van der Waals surface area contributed by atoms with Gasteiger partial charge in [-0.25, -0.2) is 4.79 Å². The second-order valence-corrected chi connectivity index (χ2v) is 2.23. The van der Waals surface area contributed by atoms with E-state index in [9.17, 15) is 9.36 Å². The van der Waals surface area contributed by atoms with Crippen LogP contribution < -0.4 is 11.9 Å². The van der Waals surface area contributed by atoms with Crippen molar-refractivity contribution in [3.63, 3.8) is 0 Å². The molecule has 5 N–H and O–H groups in total. The highest BCUT2D eigenvalue weighted by Crippen LogP contribution is 2.19. The van der Waals surface area contributed by atoms with Crippen LogP contribution in [0.25, 0.3) is 0 Å². The van der Waals surface area contributed by atoms with Gasteiger partial charge in [0.05, 0.1) is 0 Å². The molecule has 0 aliphatic heterocycles. The highest BCUT2D eigenvalue weighted by Gasteiger charge is 2.25. The van der Waals surface area contributed by atoms with Gasteiger partial charge in [-0.1, -0.05) is 0 Å². The fraction of sp³-hybridized carbons (Fsp3) is 0.667. The molecule has 0 aromatic heterocycles. The number of rotatable bonds is 3. The molecule has 0 saturated heterocycles. The highest BCUT2D eigenvalue weighted by atomic mass is 31.1. The van der Waals surface area contributed by atoms with Crippen molar-refractivity contribution in [2.45, 2.75) is 6.92 Å². The standard InChI is InChI=1S/C3H6NO3P.H3N/c1-2-7-8(6)3(4)5;/h2H2,1H3,(H-,4,5);1H3/p+1. The summed E-state index contributed by atoms with van der Waals surface area (Å²) in [6.07, 6.45) is 0. The van der Waals surface area contributed by atoms with Crippen LogP contribution >= 0.6 is 8.03 Å². The van der Waals surface area contributed by atoms with Crippen molar-refractivity contribution >= 4 is 13.7 Å². The molecule has 0 bridgehead atoms. The number of nitrogens with two attached hydrogens (primary N) is 1. The average Bonchev–Trinajstić information content (AvgIpc) is 1.67. The summed E-state index contributed by atoms with van der Waals surface area (Å²) in [4.78, 5) is 9.90. The summed E-state index contributed by atoms with van der Waals surface area (Å²) in [5.41, 5.74) is 3.67. The Balaban J connectivity index is 0. The first-order valence-corrected chi connectivity index (χ1v) is 3.25. The van der Waals surface area contributed by atoms with E-state index in [-0.39, 0.29) is 12.8 Å². The monoisotopic (exact) mass is 153 g/mol. The number of hydrogen-bond donors (Lipinski definition) is 2. The third-order valence-corrected chi connectivity index (χ3v) is 1.28. The van der Waals surface area contributed by atoms with Gasteiger partial charge in [-0.05, 0) is 11.5 Å². The van der Waals surface area contributed by atoms with E-state index in [4.69, 9.17) is 0 Å². The van der Waals surface area contributed by atoms with Crippen LogP contribution in [0.1, 0.15) is 6.92 Å². The number of hydrogen-bond acceptors (Lipinski definition) is 4. The Morgan fingerprint density at radius 2 is 2.22 bits per heavy atom. The highest BCUT2D eigenvalue weighted by molar-refractivity contribution is 7.58. The van der Waals surface area contributed by atoms with Crippen LogP contribution in [0, 0.1) is 0 Å². The van der Waals surface area contributed by atoms with Gasteiger partial charge >= 0.3 is 13.7 Å². The van der Waals surface area contributed by atoms with Crippen LogP contribution in [0.15, 0.2) is 0 Å². The molecule has 0 radical (unpaired) electrons. The van der Waals surface area contributed by atoms with E-state index in [0.717, 1.165) is 0 Å². The van der Waals surface area contributed by atoms with E-state index in [0.29, 0.717) is 0 Å². The van der Waals surface area contributed by atoms with E-state index < -0.39 is 13.7 Å². The molecule has 0 fully saturated rings. The topological polar surface area (TPSA) is 104 Å². The molecule has 0 aliphatic rings. The van der Waals surface area contributed by atoms with Crippen LogP contribution in [0.2, 0.25) is 0 Å². The predicted octanol–water partition coefficient (Wildman–Crippen LogP) is 1.01. The molecular weight excluding hydrogens is 143 g/mol. The minimum atomic E-state index is -2.25. The Morgan fingerprint density at radius 1 is 1.78 bits per heavy atom. The molecule has 0 heterocycles. The van der Waals surface area contributed by atoms with Crippen LogP contribution in [0.5, 0.6) is 0 Å². The van der Waals surface area contributed by atoms with Gasteiger partial charge in [0, 0.05) is 0 Å². The Kier molecular flexibility index (Phi) is 7.07. The summed E-state index contributed by atoms with van der Waals surface area (Å²) in [5, 5.41) is 0. The van der Waals surface area contributed by atoms with Crippen molar-refractivity contribution < 1.29 is 13.9 Å². The van der Waals surface area contributed by atoms with Crippen LogP contribution in [-0.2, 0) is 9.09 Å². The molecule has 0 aromatic rings. The lowest BCUT2D eigenvalue weighted by Crippen LogP contribution is -2.02.